The van der Waals surface area contributed by atoms with Crippen LogP contribution >= 0.6 is 0 Å². The van der Waals surface area contributed by atoms with E-state index in [4.69, 9.17) is 0 Å². The van der Waals surface area contributed by atoms with Gasteiger partial charge in [0.1, 0.15) is 0 Å². The monoisotopic (exact) mass is 403 g/mol. The average Bonchev–Trinajstić information content (AvgIpc) is 3.21. The van der Waals surface area contributed by atoms with Crippen molar-refractivity contribution in [3.8, 4) is 0 Å². The molecule has 30 heavy (non-hydrogen) atoms. The molecule has 1 saturated heterocycles. The molecule has 8 heteroatoms. The molecular formula is C22H25N7O. The number of imidazole rings is 1. The van der Waals surface area contributed by atoms with E-state index < -0.39 is 0 Å². The molecule has 2 aliphatic carbocycles. The third-order valence-corrected chi connectivity index (χ3v) is 6.77. The lowest BCUT2D eigenvalue weighted by atomic mass is 10.2. The summed E-state index contributed by atoms with van der Waals surface area (Å²) in [6, 6.07) is 4.18. The van der Waals surface area contributed by atoms with E-state index in [0.717, 1.165) is 36.1 Å². The topological polar surface area (TPSA) is 80.9 Å². The SMILES string of the molecule is Cn1cnc2c1CC[C@H]2NC(=O)c1cnn(Cc2ccc(N3CC4CC4C3)cn2)c1. The maximum Gasteiger partial charge on any atom is 0.255 e. The predicted octanol–water partition coefficient (Wildman–Crippen LogP) is 1.93. The van der Waals surface area contributed by atoms with Gasteiger partial charge in [0, 0.05) is 32.0 Å². The molecule has 3 atom stereocenters. The van der Waals surface area contributed by atoms with Gasteiger partial charge in [-0.3, -0.25) is 14.5 Å². The maximum atomic E-state index is 12.7. The van der Waals surface area contributed by atoms with Crippen molar-refractivity contribution in [2.45, 2.75) is 31.8 Å². The number of hydrogen-bond acceptors (Lipinski definition) is 5. The highest BCUT2D eigenvalue weighted by atomic mass is 16.1. The smallest absolute Gasteiger partial charge is 0.255 e. The molecule has 8 nitrogen and oxygen atoms in total. The van der Waals surface area contributed by atoms with Gasteiger partial charge in [-0.1, -0.05) is 0 Å². The van der Waals surface area contributed by atoms with Crippen LogP contribution in [-0.2, 0) is 20.0 Å². The lowest BCUT2D eigenvalue weighted by Gasteiger charge is -2.19. The molecule has 1 saturated carbocycles. The number of carbonyl (C=O) groups excluding carboxylic acids is 1. The first kappa shape index (κ1) is 17.7. The van der Waals surface area contributed by atoms with E-state index in [9.17, 15) is 4.79 Å². The number of aromatic nitrogens is 5. The summed E-state index contributed by atoms with van der Waals surface area (Å²) in [5, 5.41) is 7.46. The van der Waals surface area contributed by atoms with Crippen LogP contribution in [0.2, 0.25) is 0 Å². The van der Waals surface area contributed by atoms with Crippen molar-refractivity contribution in [3.05, 3.63) is 59.7 Å². The van der Waals surface area contributed by atoms with Gasteiger partial charge in [-0.15, -0.1) is 0 Å². The van der Waals surface area contributed by atoms with Crippen molar-refractivity contribution in [1.29, 1.82) is 0 Å². The molecule has 1 N–H and O–H groups in total. The quantitative estimate of drug-likeness (QED) is 0.704. The predicted molar refractivity (Wildman–Crippen MR) is 111 cm³/mol. The summed E-state index contributed by atoms with van der Waals surface area (Å²) < 4.78 is 3.80. The van der Waals surface area contributed by atoms with Gasteiger partial charge < -0.3 is 14.8 Å². The zero-order chi connectivity index (χ0) is 20.2. The van der Waals surface area contributed by atoms with Crippen molar-refractivity contribution in [2.75, 3.05) is 18.0 Å². The number of aryl methyl sites for hydroxylation is 1. The summed E-state index contributed by atoms with van der Waals surface area (Å²) in [6.07, 6.45) is 10.4. The van der Waals surface area contributed by atoms with E-state index in [1.165, 1.54) is 30.9 Å². The molecule has 3 aromatic rings. The first-order valence-electron chi connectivity index (χ1n) is 10.7. The van der Waals surface area contributed by atoms with Gasteiger partial charge in [0.2, 0.25) is 0 Å². The largest absolute Gasteiger partial charge is 0.370 e. The zero-order valence-corrected chi connectivity index (χ0v) is 17.0. The number of hydrogen-bond donors (Lipinski definition) is 1. The van der Waals surface area contributed by atoms with Gasteiger partial charge in [-0.2, -0.15) is 5.10 Å². The number of piperidine rings is 1. The highest BCUT2D eigenvalue weighted by Gasteiger charge is 2.45. The third-order valence-electron chi connectivity index (χ3n) is 6.77. The molecule has 2 fully saturated rings. The highest BCUT2D eigenvalue weighted by Crippen LogP contribution is 2.46. The fourth-order valence-electron chi connectivity index (χ4n) is 4.91. The van der Waals surface area contributed by atoms with Crippen molar-refractivity contribution in [2.24, 2.45) is 18.9 Å². The fraction of sp³-hybridized carbons (Fsp3) is 0.455. The number of rotatable bonds is 5. The average molecular weight is 403 g/mol. The Bertz CT molecular complexity index is 1090. The van der Waals surface area contributed by atoms with Crippen LogP contribution < -0.4 is 10.2 Å². The Labute approximate surface area is 174 Å². The van der Waals surface area contributed by atoms with Gasteiger partial charge >= 0.3 is 0 Å². The summed E-state index contributed by atoms with van der Waals surface area (Å²) in [7, 11) is 1.99. The molecule has 6 rings (SSSR count). The molecule has 154 valence electrons. The second-order valence-electron chi connectivity index (χ2n) is 8.85. The molecule has 1 aliphatic heterocycles. The molecule has 4 heterocycles. The van der Waals surface area contributed by atoms with Crippen molar-refractivity contribution in [1.82, 2.24) is 29.6 Å². The lowest BCUT2D eigenvalue weighted by molar-refractivity contribution is 0.0936. The van der Waals surface area contributed by atoms with E-state index in [0.29, 0.717) is 12.1 Å². The molecule has 0 spiro atoms. The van der Waals surface area contributed by atoms with Crippen LogP contribution in [0.3, 0.4) is 0 Å². The van der Waals surface area contributed by atoms with Gasteiger partial charge in [0.05, 0.1) is 53.9 Å². The van der Waals surface area contributed by atoms with E-state index in [1.807, 2.05) is 24.1 Å². The molecule has 0 aromatic carbocycles. The minimum absolute atomic E-state index is 0.0251. The first-order valence-corrected chi connectivity index (χ1v) is 10.7. The van der Waals surface area contributed by atoms with Crippen LogP contribution in [0.25, 0.3) is 0 Å². The van der Waals surface area contributed by atoms with Gasteiger partial charge in [0.15, 0.2) is 0 Å². The lowest BCUT2D eigenvalue weighted by Crippen LogP contribution is -2.27. The Morgan fingerprint density at radius 1 is 1.20 bits per heavy atom. The van der Waals surface area contributed by atoms with Crippen LogP contribution in [0.1, 0.15) is 46.3 Å². The summed E-state index contributed by atoms with van der Waals surface area (Å²) >= 11 is 0. The molecule has 0 radical (unpaired) electrons. The summed E-state index contributed by atoms with van der Waals surface area (Å²) in [5.41, 5.74) is 4.89. The third kappa shape index (κ3) is 3.07. The number of nitrogens with zero attached hydrogens (tertiary/aromatic N) is 6. The molecular weight excluding hydrogens is 378 g/mol. The minimum Gasteiger partial charge on any atom is -0.370 e. The fourth-order valence-corrected chi connectivity index (χ4v) is 4.91. The number of nitrogens with one attached hydrogen (secondary N) is 1. The number of carbonyl (C=O) groups is 1. The molecule has 3 aromatic heterocycles. The standard InChI is InChI=1S/C22H25N7O/c1-27-13-24-21-19(4-5-20(21)27)26-22(30)16-7-25-29(11-16)12-17-2-3-18(8-23-17)28-9-14-6-15(14)10-28/h2-3,7-8,11,13-15,19H,4-6,9-10,12H2,1H3,(H,26,30)/t14?,15?,19-/m1/s1. The van der Waals surface area contributed by atoms with Crippen LogP contribution in [-0.4, -0.2) is 43.3 Å². The maximum absolute atomic E-state index is 12.7. The van der Waals surface area contributed by atoms with Crippen LogP contribution in [0, 0.1) is 11.8 Å². The van der Waals surface area contributed by atoms with Crippen LogP contribution in [0.15, 0.2) is 37.1 Å². The number of amides is 1. The number of pyridine rings is 1. The van der Waals surface area contributed by atoms with E-state index in [1.54, 1.807) is 17.1 Å². The number of anilines is 1. The molecule has 0 bridgehead atoms. The number of fused-ring (bicyclic) bond motifs is 2. The van der Waals surface area contributed by atoms with Crippen molar-refractivity contribution < 1.29 is 4.79 Å². The van der Waals surface area contributed by atoms with E-state index in [2.05, 4.69) is 37.4 Å². The summed E-state index contributed by atoms with van der Waals surface area (Å²) in [5.74, 6) is 1.71. The van der Waals surface area contributed by atoms with Crippen molar-refractivity contribution in [3.63, 3.8) is 0 Å². The Morgan fingerprint density at radius 2 is 2.07 bits per heavy atom. The Morgan fingerprint density at radius 3 is 2.87 bits per heavy atom. The normalized spacial score (nSPS) is 24.0. The van der Waals surface area contributed by atoms with Gasteiger partial charge in [-0.25, -0.2) is 4.98 Å². The van der Waals surface area contributed by atoms with Gasteiger partial charge in [-0.05, 0) is 43.2 Å². The Balaban J connectivity index is 1.09. The van der Waals surface area contributed by atoms with Crippen molar-refractivity contribution >= 4 is 11.6 Å². The molecule has 2 unspecified atom stereocenters. The summed E-state index contributed by atoms with van der Waals surface area (Å²) in [6.45, 7) is 2.89. The minimum atomic E-state index is -0.111. The summed E-state index contributed by atoms with van der Waals surface area (Å²) in [4.78, 5) is 24.2. The van der Waals surface area contributed by atoms with E-state index >= 15 is 0 Å². The van der Waals surface area contributed by atoms with Crippen LogP contribution in [0.4, 0.5) is 5.69 Å². The molecule has 1 amide bonds. The van der Waals surface area contributed by atoms with E-state index in [-0.39, 0.29) is 11.9 Å². The Kier molecular flexibility index (Phi) is 3.94. The Hall–Kier alpha value is -3.16. The van der Waals surface area contributed by atoms with Gasteiger partial charge in [0.25, 0.3) is 5.91 Å². The van der Waals surface area contributed by atoms with Crippen LogP contribution in [0.5, 0.6) is 0 Å². The second kappa shape index (κ2) is 6.68. The second-order valence-corrected chi connectivity index (χ2v) is 8.85. The highest BCUT2D eigenvalue weighted by molar-refractivity contribution is 5.94. The molecule has 3 aliphatic rings. The first-order chi connectivity index (χ1) is 14.6. The zero-order valence-electron chi connectivity index (χ0n) is 17.0.